The van der Waals surface area contributed by atoms with E-state index in [2.05, 4.69) is 42.5 Å². The van der Waals surface area contributed by atoms with Gasteiger partial charge in [0.1, 0.15) is 0 Å². The van der Waals surface area contributed by atoms with Gasteiger partial charge in [-0.25, -0.2) is 0 Å². The second kappa shape index (κ2) is 6.18. The van der Waals surface area contributed by atoms with E-state index in [0.717, 1.165) is 54.6 Å². The number of allylic oxidation sites excluding steroid dienone is 5. The van der Waals surface area contributed by atoms with E-state index in [9.17, 15) is 0 Å². The molecule has 0 spiro atoms. The Morgan fingerprint density at radius 3 is 2.39 bits per heavy atom. The van der Waals surface area contributed by atoms with E-state index in [1.54, 1.807) is 12.7 Å². The van der Waals surface area contributed by atoms with Crippen LogP contribution in [0.1, 0.15) is 5.56 Å². The Balaban J connectivity index is 1.94. The summed E-state index contributed by atoms with van der Waals surface area (Å²) in [5, 5.41) is 0. The van der Waals surface area contributed by atoms with E-state index >= 15 is 0 Å². The molecule has 5 heteroatoms. The van der Waals surface area contributed by atoms with Crippen LogP contribution in [0.5, 0.6) is 5.75 Å². The first-order chi connectivity index (χ1) is 8.88. The number of rotatable bonds is 2. The first-order valence-corrected chi connectivity index (χ1v) is 20.0. The van der Waals surface area contributed by atoms with Gasteiger partial charge in [0.2, 0.25) is 0 Å². The minimum atomic E-state index is 0.836. The molecule has 0 atom stereocenters. The van der Waals surface area contributed by atoms with E-state index < -0.39 is 0 Å². The van der Waals surface area contributed by atoms with E-state index in [0.29, 0.717) is 0 Å². The topological polar surface area (TPSA) is 9.23 Å². The molecule has 1 aliphatic carbocycles. The zero-order chi connectivity index (χ0) is 12.4. The van der Waals surface area contributed by atoms with Crippen molar-refractivity contribution in [3.8, 4) is 5.75 Å². The van der Waals surface area contributed by atoms with E-state index in [1.165, 1.54) is 11.1 Å². The molecule has 1 heterocycles. The standard InChI is InChI=1S/C13H10OSe4/c1-14-10-7-5-9(6-8-10)11-3-2-4-12(11)13-15-17-18-16-13/h2-8H,1H3. The van der Waals surface area contributed by atoms with Crippen molar-refractivity contribution in [2.24, 2.45) is 0 Å². The van der Waals surface area contributed by atoms with E-state index in [4.69, 9.17) is 4.74 Å². The minimum absolute atomic E-state index is 0.836. The van der Waals surface area contributed by atoms with Crippen molar-refractivity contribution in [3.63, 3.8) is 0 Å². The average molecular weight is 498 g/mol. The normalized spacial score (nSPS) is 18.4. The third-order valence-electron chi connectivity index (χ3n) is 2.68. The summed E-state index contributed by atoms with van der Waals surface area (Å²) in [6, 6.07) is 8.44. The average Bonchev–Trinajstić information content (AvgIpc) is 3.09. The third-order valence-corrected chi connectivity index (χ3v) is 45.0. The van der Waals surface area contributed by atoms with Crippen molar-refractivity contribution in [2.45, 2.75) is 0 Å². The van der Waals surface area contributed by atoms with E-state index in [1.807, 2.05) is 3.37 Å². The maximum atomic E-state index is 5.22. The Kier molecular flexibility index (Phi) is 4.57. The summed E-state index contributed by atoms with van der Waals surface area (Å²) in [6.45, 7) is 0. The molecule has 0 N–H and O–H groups in total. The third kappa shape index (κ3) is 2.75. The van der Waals surface area contributed by atoms with Crippen LogP contribution in [0.4, 0.5) is 0 Å². The van der Waals surface area contributed by atoms with Crippen molar-refractivity contribution < 1.29 is 4.74 Å². The van der Waals surface area contributed by atoms with Crippen LogP contribution >= 0.6 is 0 Å². The molecule has 1 fully saturated rings. The molecule has 1 nitrogen and oxygen atoms in total. The van der Waals surface area contributed by atoms with Gasteiger partial charge in [-0.2, -0.15) is 0 Å². The Morgan fingerprint density at radius 1 is 1.00 bits per heavy atom. The van der Waals surface area contributed by atoms with Crippen LogP contribution in [-0.2, 0) is 0 Å². The van der Waals surface area contributed by atoms with Crippen LogP contribution in [0.25, 0.3) is 5.57 Å². The van der Waals surface area contributed by atoms with Gasteiger partial charge in [-0.1, -0.05) is 0 Å². The van der Waals surface area contributed by atoms with Crippen LogP contribution in [0.3, 0.4) is 0 Å². The van der Waals surface area contributed by atoms with Crippen molar-refractivity contribution in [2.75, 3.05) is 7.11 Å². The second-order valence-electron chi connectivity index (χ2n) is 3.67. The Bertz CT molecular complexity index is 535. The fourth-order valence-corrected chi connectivity index (χ4v) is 60.2. The molecule has 0 saturated carbocycles. The summed E-state index contributed by atoms with van der Waals surface area (Å²) in [6.07, 6.45) is 6.77. The molecule has 1 aromatic carbocycles. The molecule has 3 rings (SSSR count). The SMILES string of the molecule is COc1ccc(C2=CC=CC2=C2[Se][Se][Se][Se]2)cc1. The van der Waals surface area contributed by atoms with Crippen molar-refractivity contribution in [1.29, 1.82) is 0 Å². The summed E-state index contributed by atoms with van der Waals surface area (Å²) < 4.78 is 7.03. The number of ether oxygens (including phenoxy) is 1. The van der Waals surface area contributed by atoms with Crippen LogP contribution < -0.4 is 4.74 Å². The monoisotopic (exact) mass is 502 g/mol. The Hall–Kier alpha value is 0.318. The Morgan fingerprint density at radius 2 is 1.72 bits per heavy atom. The molecule has 0 bridgehead atoms. The molecule has 92 valence electrons. The summed E-state index contributed by atoms with van der Waals surface area (Å²) in [4.78, 5) is 0. The van der Waals surface area contributed by atoms with E-state index in [-0.39, 0.29) is 0 Å². The second-order valence-corrected chi connectivity index (χ2v) is 30.0. The predicted octanol–water partition coefficient (Wildman–Crippen LogP) is 1.44. The first-order valence-electron chi connectivity index (χ1n) is 5.34. The summed E-state index contributed by atoms with van der Waals surface area (Å²) in [5.74, 6) is 0.931. The Labute approximate surface area is 128 Å². The quantitative estimate of drug-likeness (QED) is 0.562. The molecule has 2 aliphatic rings. The molecule has 0 aromatic heterocycles. The molecule has 0 radical (unpaired) electrons. The van der Waals surface area contributed by atoms with Crippen LogP contribution in [0.2, 0.25) is 0 Å². The zero-order valence-corrected chi connectivity index (χ0v) is 16.4. The molecular weight excluding hydrogens is 488 g/mol. The van der Waals surface area contributed by atoms with Gasteiger partial charge in [0.05, 0.1) is 0 Å². The summed E-state index contributed by atoms with van der Waals surface area (Å²) >= 11 is 3.65. The molecular formula is C13H10OSe4. The summed E-state index contributed by atoms with van der Waals surface area (Å²) in [7, 11) is 1.71. The summed E-state index contributed by atoms with van der Waals surface area (Å²) in [5.41, 5.74) is 4.29. The molecule has 0 unspecified atom stereocenters. The zero-order valence-electron chi connectivity index (χ0n) is 9.58. The predicted molar refractivity (Wildman–Crippen MR) is 80.2 cm³/mol. The van der Waals surface area contributed by atoms with Crippen LogP contribution in [0, 0.1) is 0 Å². The fourth-order valence-electron chi connectivity index (χ4n) is 1.81. The number of hydrogen-bond acceptors (Lipinski definition) is 1. The van der Waals surface area contributed by atoms with Gasteiger partial charge in [0.15, 0.2) is 0 Å². The van der Waals surface area contributed by atoms with Gasteiger partial charge in [-0.15, -0.1) is 0 Å². The van der Waals surface area contributed by atoms with Gasteiger partial charge in [-0.3, -0.25) is 0 Å². The first kappa shape index (κ1) is 13.3. The van der Waals surface area contributed by atoms with Gasteiger partial charge >= 0.3 is 129 Å². The number of benzene rings is 1. The van der Waals surface area contributed by atoms with Gasteiger partial charge in [0.25, 0.3) is 0 Å². The molecule has 1 saturated heterocycles. The number of hydrogen-bond donors (Lipinski definition) is 0. The van der Waals surface area contributed by atoms with Crippen molar-refractivity contribution in [1.82, 2.24) is 0 Å². The number of methoxy groups -OCH3 is 1. The van der Waals surface area contributed by atoms with Gasteiger partial charge in [0, 0.05) is 0 Å². The van der Waals surface area contributed by atoms with Crippen molar-refractivity contribution >= 4 is 54.4 Å². The van der Waals surface area contributed by atoms with Crippen LogP contribution in [0.15, 0.2) is 51.4 Å². The fraction of sp³-hybridized carbons (Fsp3) is 0.0769. The molecule has 1 aliphatic heterocycles. The van der Waals surface area contributed by atoms with Gasteiger partial charge in [-0.05, 0) is 0 Å². The molecule has 18 heavy (non-hydrogen) atoms. The molecule has 0 amide bonds. The van der Waals surface area contributed by atoms with Crippen molar-refractivity contribution in [3.05, 3.63) is 57.0 Å². The maximum absolute atomic E-state index is 5.22. The van der Waals surface area contributed by atoms with Gasteiger partial charge < -0.3 is 0 Å². The van der Waals surface area contributed by atoms with Crippen LogP contribution in [-0.4, -0.2) is 56.0 Å². The molecule has 1 aromatic rings.